The highest BCUT2D eigenvalue weighted by Crippen LogP contribution is 2.47. The Morgan fingerprint density at radius 3 is 3.00 bits per heavy atom. The first-order chi connectivity index (χ1) is 12.7. The molecule has 4 heterocycles. The van der Waals surface area contributed by atoms with Gasteiger partial charge in [-0.25, -0.2) is 9.67 Å². The van der Waals surface area contributed by atoms with Crippen LogP contribution in [0.2, 0.25) is 0 Å². The lowest BCUT2D eigenvalue weighted by Crippen LogP contribution is -2.31. The molecule has 0 unspecified atom stereocenters. The molecule has 1 N–H and O–H groups in total. The molecule has 0 aromatic carbocycles. The molecule has 1 saturated heterocycles. The van der Waals surface area contributed by atoms with Crippen LogP contribution in [0, 0.1) is 19.8 Å². The van der Waals surface area contributed by atoms with Gasteiger partial charge in [0.1, 0.15) is 0 Å². The van der Waals surface area contributed by atoms with Crippen molar-refractivity contribution in [1.82, 2.24) is 30.2 Å². The molecule has 1 aliphatic carbocycles. The molecule has 5 rings (SSSR count). The summed E-state index contributed by atoms with van der Waals surface area (Å²) in [6, 6.07) is 5.96. The largest absolute Gasteiger partial charge is 0.338 e. The quantitative estimate of drug-likeness (QED) is 0.782. The summed E-state index contributed by atoms with van der Waals surface area (Å²) in [7, 11) is 0. The number of fused-ring (bicyclic) bond motifs is 1. The second-order valence-electron chi connectivity index (χ2n) is 7.54. The highest BCUT2D eigenvalue weighted by Gasteiger charge is 2.51. The molecule has 3 aromatic heterocycles. The van der Waals surface area contributed by atoms with Gasteiger partial charge in [0.2, 0.25) is 11.7 Å². The molecule has 1 aliphatic heterocycles. The monoisotopic (exact) mass is 350 g/mol. The van der Waals surface area contributed by atoms with E-state index in [1.165, 1.54) is 12.8 Å². The molecule has 7 heteroatoms. The van der Waals surface area contributed by atoms with Crippen molar-refractivity contribution in [2.45, 2.75) is 38.5 Å². The van der Waals surface area contributed by atoms with Crippen molar-refractivity contribution < 1.29 is 4.52 Å². The van der Waals surface area contributed by atoms with Gasteiger partial charge in [-0.1, -0.05) is 11.6 Å². The average Bonchev–Trinajstić information content (AvgIpc) is 3.37. The van der Waals surface area contributed by atoms with Crippen molar-refractivity contribution in [2.75, 3.05) is 13.1 Å². The summed E-state index contributed by atoms with van der Waals surface area (Å²) < 4.78 is 7.54. The molecule has 26 heavy (non-hydrogen) atoms. The van der Waals surface area contributed by atoms with Crippen LogP contribution in [0.1, 0.15) is 36.5 Å². The lowest BCUT2D eigenvalue weighted by Gasteiger charge is -2.22. The lowest BCUT2D eigenvalue weighted by atomic mass is 9.80. The zero-order valence-electron chi connectivity index (χ0n) is 15.1. The Labute approximate surface area is 151 Å². The van der Waals surface area contributed by atoms with Gasteiger partial charge in [-0.3, -0.25) is 0 Å². The molecule has 3 aromatic rings. The van der Waals surface area contributed by atoms with E-state index in [-0.39, 0.29) is 5.41 Å². The standard InChI is InChI=1S/C19H22N6O/c1-12-8-13(2)25(23-12)16-6-5-14(9-21-16)17-22-18(26-24-17)19-7-3-4-15(19)10-20-11-19/h5-6,8-9,15,20H,3-4,7,10-11H2,1-2H3/t15-,19-/m1/s1. The first kappa shape index (κ1) is 15.7. The van der Waals surface area contributed by atoms with Gasteiger partial charge in [-0.15, -0.1) is 0 Å². The SMILES string of the molecule is Cc1cc(C)n(-c2ccc(-c3noc([C@@]45CCC[C@@H]4CNC5)n3)cn2)n1. The topological polar surface area (TPSA) is 81.7 Å². The van der Waals surface area contributed by atoms with E-state index in [2.05, 4.69) is 20.6 Å². The van der Waals surface area contributed by atoms with Crippen LogP contribution in [-0.2, 0) is 5.41 Å². The van der Waals surface area contributed by atoms with Crippen LogP contribution in [0.3, 0.4) is 0 Å². The predicted octanol–water partition coefficient (Wildman–Crippen LogP) is 2.58. The lowest BCUT2D eigenvalue weighted by molar-refractivity contribution is 0.265. The van der Waals surface area contributed by atoms with E-state index in [1.807, 2.05) is 36.7 Å². The van der Waals surface area contributed by atoms with Crippen LogP contribution in [0.25, 0.3) is 17.2 Å². The van der Waals surface area contributed by atoms with Crippen molar-refractivity contribution in [3.8, 4) is 17.2 Å². The molecule has 0 spiro atoms. The fourth-order valence-corrected chi connectivity index (χ4v) is 4.55. The number of nitrogens with one attached hydrogen (secondary N) is 1. The molecule has 7 nitrogen and oxygen atoms in total. The number of aryl methyl sites for hydroxylation is 2. The first-order valence-electron chi connectivity index (χ1n) is 9.21. The van der Waals surface area contributed by atoms with E-state index in [9.17, 15) is 0 Å². The van der Waals surface area contributed by atoms with E-state index in [0.29, 0.717) is 11.7 Å². The van der Waals surface area contributed by atoms with Gasteiger partial charge in [-0.2, -0.15) is 10.1 Å². The van der Waals surface area contributed by atoms with Gasteiger partial charge < -0.3 is 9.84 Å². The van der Waals surface area contributed by atoms with Gasteiger partial charge in [0.15, 0.2) is 5.82 Å². The van der Waals surface area contributed by atoms with E-state index in [1.54, 1.807) is 6.20 Å². The van der Waals surface area contributed by atoms with Gasteiger partial charge >= 0.3 is 0 Å². The Bertz CT molecular complexity index is 931. The molecule has 2 atom stereocenters. The zero-order valence-corrected chi connectivity index (χ0v) is 15.1. The number of rotatable bonds is 3. The van der Waals surface area contributed by atoms with E-state index in [4.69, 9.17) is 9.51 Å². The second kappa shape index (κ2) is 5.74. The third kappa shape index (κ3) is 2.30. The van der Waals surface area contributed by atoms with Crippen LogP contribution in [0.4, 0.5) is 0 Å². The second-order valence-corrected chi connectivity index (χ2v) is 7.54. The molecule has 1 saturated carbocycles. The molecule has 134 valence electrons. The van der Waals surface area contributed by atoms with Crippen LogP contribution in [0.15, 0.2) is 28.9 Å². The Morgan fingerprint density at radius 1 is 1.31 bits per heavy atom. The normalized spacial score (nSPS) is 24.9. The first-order valence-corrected chi connectivity index (χ1v) is 9.21. The Balaban J connectivity index is 1.44. The van der Waals surface area contributed by atoms with Crippen molar-refractivity contribution in [3.63, 3.8) is 0 Å². The predicted molar refractivity (Wildman–Crippen MR) is 96.0 cm³/mol. The van der Waals surface area contributed by atoms with Crippen molar-refractivity contribution in [3.05, 3.63) is 41.7 Å². The highest BCUT2D eigenvalue weighted by molar-refractivity contribution is 5.54. The smallest absolute Gasteiger partial charge is 0.234 e. The van der Waals surface area contributed by atoms with Crippen molar-refractivity contribution in [1.29, 1.82) is 0 Å². The van der Waals surface area contributed by atoms with E-state index in [0.717, 1.165) is 48.2 Å². The molecule has 0 amide bonds. The zero-order chi connectivity index (χ0) is 17.7. The molecule has 2 fully saturated rings. The minimum Gasteiger partial charge on any atom is -0.338 e. The maximum Gasteiger partial charge on any atom is 0.234 e. The molecule has 0 radical (unpaired) electrons. The van der Waals surface area contributed by atoms with Crippen molar-refractivity contribution in [2.24, 2.45) is 5.92 Å². The molecule has 0 bridgehead atoms. The molecular formula is C19H22N6O. The van der Waals surface area contributed by atoms with Crippen LogP contribution in [0.5, 0.6) is 0 Å². The fourth-order valence-electron chi connectivity index (χ4n) is 4.55. The highest BCUT2D eigenvalue weighted by atomic mass is 16.5. The van der Waals surface area contributed by atoms with Crippen LogP contribution >= 0.6 is 0 Å². The summed E-state index contributed by atoms with van der Waals surface area (Å²) in [6.45, 7) is 5.99. The number of nitrogens with zero attached hydrogens (tertiary/aromatic N) is 5. The van der Waals surface area contributed by atoms with Gasteiger partial charge in [0, 0.05) is 24.0 Å². The maximum absolute atomic E-state index is 5.70. The average molecular weight is 350 g/mol. The Hall–Kier alpha value is -2.54. The minimum atomic E-state index is 0.0301. The van der Waals surface area contributed by atoms with Crippen LogP contribution in [-0.4, -0.2) is 38.0 Å². The van der Waals surface area contributed by atoms with E-state index < -0.39 is 0 Å². The number of hydrogen-bond donors (Lipinski definition) is 1. The maximum atomic E-state index is 5.70. The number of aromatic nitrogens is 5. The summed E-state index contributed by atoms with van der Waals surface area (Å²) >= 11 is 0. The third-order valence-corrected chi connectivity index (χ3v) is 5.87. The number of pyridine rings is 1. The summed E-state index contributed by atoms with van der Waals surface area (Å²) in [5.74, 6) is 2.79. The van der Waals surface area contributed by atoms with E-state index >= 15 is 0 Å². The summed E-state index contributed by atoms with van der Waals surface area (Å²) in [6.07, 6.45) is 5.39. The summed E-state index contributed by atoms with van der Waals surface area (Å²) in [4.78, 5) is 9.28. The summed E-state index contributed by atoms with van der Waals surface area (Å²) in [5, 5.41) is 12.2. The molecular weight excluding hydrogens is 328 g/mol. The van der Waals surface area contributed by atoms with Crippen LogP contribution < -0.4 is 5.32 Å². The summed E-state index contributed by atoms with van der Waals surface area (Å²) in [5.41, 5.74) is 2.93. The number of hydrogen-bond acceptors (Lipinski definition) is 6. The third-order valence-electron chi connectivity index (χ3n) is 5.87. The Kier molecular flexibility index (Phi) is 3.46. The van der Waals surface area contributed by atoms with Crippen molar-refractivity contribution >= 4 is 0 Å². The van der Waals surface area contributed by atoms with Gasteiger partial charge in [0.25, 0.3) is 0 Å². The fraction of sp³-hybridized carbons (Fsp3) is 0.474. The minimum absolute atomic E-state index is 0.0301. The van der Waals surface area contributed by atoms with Gasteiger partial charge in [0.05, 0.1) is 11.1 Å². The van der Waals surface area contributed by atoms with Gasteiger partial charge in [-0.05, 0) is 57.4 Å². The molecule has 2 aliphatic rings. The Morgan fingerprint density at radius 2 is 2.23 bits per heavy atom.